The van der Waals surface area contributed by atoms with Crippen LogP contribution in [0.3, 0.4) is 0 Å². The van der Waals surface area contributed by atoms with Gasteiger partial charge in [-0.15, -0.1) is 0 Å². The van der Waals surface area contributed by atoms with Crippen molar-refractivity contribution in [2.24, 2.45) is 0 Å². The molecule has 1 aliphatic rings. The lowest BCUT2D eigenvalue weighted by atomic mass is 10.00. The molecule has 8 nitrogen and oxygen atoms in total. The van der Waals surface area contributed by atoms with Crippen LogP contribution in [0.5, 0.6) is 5.75 Å². The third kappa shape index (κ3) is 10.4. The Morgan fingerprint density at radius 2 is 1.97 bits per heavy atom. The van der Waals surface area contributed by atoms with Crippen molar-refractivity contribution in [2.75, 3.05) is 26.2 Å². The number of fused-ring (bicyclic) bond motifs is 2. The van der Waals surface area contributed by atoms with Crippen LogP contribution in [0.25, 0.3) is 0 Å². The van der Waals surface area contributed by atoms with E-state index in [4.69, 9.17) is 4.74 Å². The molecular weight excluding hydrogens is 499 g/mol. The molecule has 2 unspecified atom stereocenters. The molecule has 39 heavy (non-hydrogen) atoms. The number of nitrogens with one attached hydrogen (secondary N) is 2. The first-order valence-corrected chi connectivity index (χ1v) is 13.8. The van der Waals surface area contributed by atoms with Gasteiger partial charge >= 0.3 is 0 Å². The highest BCUT2D eigenvalue weighted by molar-refractivity contribution is 5.79. The number of nitrogens with zero attached hydrogens (tertiary/aromatic N) is 2. The molecule has 1 aromatic heterocycles. The Labute approximate surface area is 230 Å². The molecule has 1 aromatic carbocycles. The van der Waals surface area contributed by atoms with Crippen LogP contribution in [-0.4, -0.2) is 65.2 Å². The van der Waals surface area contributed by atoms with Gasteiger partial charge in [0.25, 0.3) is 0 Å². The molecule has 9 heteroatoms. The number of carbonyl (C=O) groups is 2. The van der Waals surface area contributed by atoms with Gasteiger partial charge in [-0.3, -0.25) is 14.6 Å². The fraction of sp³-hybridized carbons (Fsp3) is 0.500. The molecule has 3 rings (SSSR count). The maximum atomic E-state index is 14.4. The zero-order valence-corrected chi connectivity index (χ0v) is 23.0. The third-order valence-electron chi connectivity index (χ3n) is 6.62. The number of carbonyl (C=O) groups excluding carboxylic acids is 2. The summed E-state index contributed by atoms with van der Waals surface area (Å²) in [6.07, 6.45) is 9.12. The molecule has 0 aliphatic carbocycles. The molecule has 2 aromatic rings. The number of hydrogen-bond donors (Lipinski definition) is 3. The van der Waals surface area contributed by atoms with Gasteiger partial charge in [0.1, 0.15) is 18.2 Å². The van der Waals surface area contributed by atoms with Crippen LogP contribution >= 0.6 is 0 Å². The van der Waals surface area contributed by atoms with E-state index in [1.807, 2.05) is 25.3 Å². The lowest BCUT2D eigenvalue weighted by Crippen LogP contribution is -2.48. The van der Waals surface area contributed by atoms with Crippen molar-refractivity contribution in [3.8, 4) is 5.75 Å². The molecule has 0 saturated heterocycles. The standard InChI is InChI=1S/C30H41FN4O4/c1-3-10-35-11-5-6-12-39-26-15-23(14-25(31)17-26)16-27(34-29(37)8-7-9-30(35)38)28(36)21-33-20-24-13-22(4-2)18-32-19-24/h5-6,13-15,17-19,27-28,33,36H,3-4,7-12,16,20-21H2,1-2H3,(H,34,37)/b6-5-. The van der Waals surface area contributed by atoms with Crippen LogP contribution in [0.4, 0.5) is 4.39 Å². The zero-order chi connectivity index (χ0) is 28.0. The van der Waals surface area contributed by atoms with E-state index in [9.17, 15) is 19.1 Å². The first kappa shape index (κ1) is 30.2. The predicted octanol–water partition coefficient (Wildman–Crippen LogP) is 3.32. The largest absolute Gasteiger partial charge is 0.489 e. The number of aromatic nitrogens is 1. The highest BCUT2D eigenvalue weighted by atomic mass is 19.1. The van der Waals surface area contributed by atoms with Crippen LogP contribution in [0.1, 0.15) is 56.2 Å². The Morgan fingerprint density at radius 1 is 1.15 bits per heavy atom. The summed E-state index contributed by atoms with van der Waals surface area (Å²) in [5, 5.41) is 17.2. The lowest BCUT2D eigenvalue weighted by Gasteiger charge is -2.25. The van der Waals surface area contributed by atoms with E-state index in [0.29, 0.717) is 37.4 Å². The second-order valence-corrected chi connectivity index (χ2v) is 9.90. The summed E-state index contributed by atoms with van der Waals surface area (Å²) in [4.78, 5) is 31.5. The molecular formula is C30H41FN4O4. The second kappa shape index (κ2) is 16.0. The molecule has 3 N–H and O–H groups in total. The highest BCUT2D eigenvalue weighted by Gasteiger charge is 2.23. The van der Waals surface area contributed by atoms with Gasteiger partial charge in [0.05, 0.1) is 12.1 Å². The van der Waals surface area contributed by atoms with Crippen LogP contribution in [-0.2, 0) is 29.0 Å². The summed E-state index contributed by atoms with van der Waals surface area (Å²) in [6.45, 7) is 6.13. The molecule has 2 amide bonds. The van der Waals surface area contributed by atoms with Crippen LogP contribution in [0.2, 0.25) is 0 Å². The average Bonchev–Trinajstić information content (AvgIpc) is 2.91. The van der Waals surface area contributed by atoms with Crippen molar-refractivity contribution in [1.82, 2.24) is 20.5 Å². The minimum atomic E-state index is -0.935. The van der Waals surface area contributed by atoms with Crippen molar-refractivity contribution < 1.29 is 23.8 Å². The molecule has 2 atom stereocenters. The summed E-state index contributed by atoms with van der Waals surface area (Å²) >= 11 is 0. The molecule has 0 spiro atoms. The number of pyridine rings is 1. The number of hydrogen-bond acceptors (Lipinski definition) is 6. The van der Waals surface area contributed by atoms with Crippen molar-refractivity contribution in [1.29, 1.82) is 0 Å². The minimum Gasteiger partial charge on any atom is -0.489 e. The topological polar surface area (TPSA) is 104 Å². The molecule has 0 fully saturated rings. The Kier molecular flexibility index (Phi) is 12.4. The summed E-state index contributed by atoms with van der Waals surface area (Å²) in [5.74, 6) is -0.354. The monoisotopic (exact) mass is 540 g/mol. The number of rotatable bonds is 8. The van der Waals surface area contributed by atoms with Crippen LogP contribution in [0.15, 0.2) is 48.8 Å². The number of halogens is 1. The van der Waals surface area contributed by atoms with Gasteiger partial charge in [0, 0.05) is 57.5 Å². The predicted molar refractivity (Wildman–Crippen MR) is 149 cm³/mol. The maximum Gasteiger partial charge on any atom is 0.222 e. The molecule has 2 bridgehead atoms. The van der Waals surface area contributed by atoms with Gasteiger partial charge in [-0.2, -0.15) is 0 Å². The van der Waals surface area contributed by atoms with Gasteiger partial charge in [-0.25, -0.2) is 4.39 Å². The number of benzene rings is 1. The Morgan fingerprint density at radius 3 is 2.77 bits per heavy atom. The fourth-order valence-corrected chi connectivity index (χ4v) is 4.54. The van der Waals surface area contributed by atoms with E-state index in [1.54, 1.807) is 17.2 Å². The van der Waals surface area contributed by atoms with Crippen molar-refractivity contribution in [3.05, 3.63) is 71.3 Å². The first-order valence-electron chi connectivity index (χ1n) is 13.8. The maximum absolute atomic E-state index is 14.4. The van der Waals surface area contributed by atoms with Crippen LogP contribution in [0, 0.1) is 5.82 Å². The summed E-state index contributed by atoms with van der Waals surface area (Å²) in [6, 6.07) is 5.82. The van der Waals surface area contributed by atoms with E-state index >= 15 is 0 Å². The molecule has 2 heterocycles. The summed E-state index contributed by atoms with van der Waals surface area (Å²) in [5.41, 5.74) is 2.74. The lowest BCUT2D eigenvalue weighted by molar-refractivity contribution is -0.131. The molecule has 1 aliphatic heterocycles. The van der Waals surface area contributed by atoms with E-state index < -0.39 is 18.0 Å². The van der Waals surface area contributed by atoms with Crippen LogP contribution < -0.4 is 15.4 Å². The van der Waals surface area contributed by atoms with E-state index in [2.05, 4.69) is 28.6 Å². The second-order valence-electron chi connectivity index (χ2n) is 9.90. The Bertz CT molecular complexity index is 1110. The smallest absolute Gasteiger partial charge is 0.222 e. The number of aliphatic hydroxyl groups excluding tert-OH is 1. The quantitative estimate of drug-likeness (QED) is 0.444. The number of aliphatic hydroxyl groups is 1. The minimum absolute atomic E-state index is 0.00400. The van der Waals surface area contributed by atoms with Crippen molar-refractivity contribution >= 4 is 11.8 Å². The first-order chi connectivity index (χ1) is 18.9. The third-order valence-corrected chi connectivity index (χ3v) is 6.62. The van der Waals surface area contributed by atoms with E-state index in [0.717, 1.165) is 24.0 Å². The van der Waals surface area contributed by atoms with Crippen molar-refractivity contribution in [2.45, 2.75) is 71.1 Å². The zero-order valence-electron chi connectivity index (χ0n) is 23.0. The normalized spacial score (nSPS) is 19.1. The molecule has 0 saturated carbocycles. The summed E-state index contributed by atoms with van der Waals surface area (Å²) < 4.78 is 20.1. The van der Waals surface area contributed by atoms with Gasteiger partial charge in [0.15, 0.2) is 0 Å². The van der Waals surface area contributed by atoms with Crippen molar-refractivity contribution in [3.63, 3.8) is 0 Å². The van der Waals surface area contributed by atoms with Gasteiger partial charge in [-0.1, -0.05) is 26.0 Å². The molecule has 212 valence electrons. The number of ether oxygens (including phenoxy) is 1. The molecule has 0 radical (unpaired) electrons. The van der Waals surface area contributed by atoms with E-state index in [1.165, 1.54) is 12.1 Å². The highest BCUT2D eigenvalue weighted by Crippen LogP contribution is 2.19. The Balaban J connectivity index is 1.73. The number of aryl methyl sites for hydroxylation is 1. The van der Waals surface area contributed by atoms with Gasteiger partial charge in [-0.05, 0) is 60.6 Å². The summed E-state index contributed by atoms with van der Waals surface area (Å²) in [7, 11) is 0. The Hall–Kier alpha value is -3.30. The average molecular weight is 541 g/mol. The van der Waals surface area contributed by atoms with Gasteiger partial charge < -0.3 is 25.4 Å². The SMILES string of the molecule is CCCN1C/C=C\COc2cc(F)cc(c2)CC(C(O)CNCc2cncc(CC)c2)NC(=O)CCCC1=O. The fourth-order valence-electron chi connectivity index (χ4n) is 4.54. The number of amides is 2. The van der Waals surface area contributed by atoms with Gasteiger partial charge in [0.2, 0.25) is 11.8 Å². The van der Waals surface area contributed by atoms with E-state index in [-0.39, 0.29) is 44.2 Å².